The van der Waals surface area contributed by atoms with Crippen molar-refractivity contribution in [3.8, 4) is 5.69 Å². The molecule has 0 saturated heterocycles. The van der Waals surface area contributed by atoms with Crippen molar-refractivity contribution in [2.45, 2.75) is 6.92 Å². The first-order chi connectivity index (χ1) is 12.1. The zero-order valence-electron chi connectivity index (χ0n) is 13.7. The van der Waals surface area contributed by atoms with Gasteiger partial charge in [0.15, 0.2) is 5.69 Å². The second-order valence-corrected chi connectivity index (χ2v) is 5.27. The number of hydrogen-bond donors (Lipinski definition) is 1. The molecule has 0 aliphatic heterocycles. The minimum absolute atomic E-state index is 0.0103. The van der Waals surface area contributed by atoms with Gasteiger partial charge < -0.3 is 10.5 Å². The molecule has 0 unspecified atom stereocenters. The van der Waals surface area contributed by atoms with Gasteiger partial charge in [0.2, 0.25) is 5.78 Å². The molecule has 3 rings (SSSR count). The smallest absolute Gasteiger partial charge is 0.361 e. The number of carbonyl (C=O) groups is 2. The number of nitrogen functional groups attached to an aromatic ring is 1. The Kier molecular flexibility index (Phi) is 4.61. The topological polar surface area (TPSA) is 87.2 Å². The van der Waals surface area contributed by atoms with Crippen LogP contribution in [0.2, 0.25) is 0 Å². The maximum absolute atomic E-state index is 13.0. The summed E-state index contributed by atoms with van der Waals surface area (Å²) in [6.07, 6.45) is 0. The normalized spacial score (nSPS) is 10.4. The number of esters is 1. The number of benzene rings is 2. The fourth-order valence-corrected chi connectivity index (χ4v) is 2.48. The first-order valence-electron chi connectivity index (χ1n) is 7.84. The third kappa shape index (κ3) is 3.14. The molecule has 1 aromatic heterocycles. The molecule has 0 aliphatic carbocycles. The first-order valence-corrected chi connectivity index (χ1v) is 7.84. The van der Waals surface area contributed by atoms with Crippen LogP contribution in [-0.4, -0.2) is 28.1 Å². The molecule has 3 aromatic rings. The van der Waals surface area contributed by atoms with E-state index in [1.54, 1.807) is 43.3 Å². The van der Waals surface area contributed by atoms with Gasteiger partial charge in [-0.05, 0) is 19.1 Å². The number of carbonyl (C=O) groups excluding carboxylic acids is 2. The Balaban J connectivity index is 2.18. The zero-order valence-corrected chi connectivity index (χ0v) is 13.7. The second kappa shape index (κ2) is 7.00. The fraction of sp³-hybridized carbons (Fsp3) is 0.105. The number of nitrogens with zero attached hydrogens (tertiary/aromatic N) is 2. The third-order valence-corrected chi connectivity index (χ3v) is 3.64. The SMILES string of the molecule is CCOC(=O)c1nn(-c2ccccc2)c(C(=O)c2ccccc2)c1N. The maximum Gasteiger partial charge on any atom is 0.361 e. The quantitative estimate of drug-likeness (QED) is 0.572. The standard InChI is InChI=1S/C19H17N3O3/c1-2-25-19(24)16-15(20)17(18(23)13-9-5-3-6-10-13)22(21-16)14-11-7-4-8-12-14/h3-12H,2,20H2,1H3. The summed E-state index contributed by atoms with van der Waals surface area (Å²) in [6.45, 7) is 1.89. The van der Waals surface area contributed by atoms with Crippen molar-refractivity contribution in [1.82, 2.24) is 9.78 Å². The van der Waals surface area contributed by atoms with Gasteiger partial charge in [0, 0.05) is 5.56 Å². The lowest BCUT2D eigenvalue weighted by molar-refractivity contribution is 0.0520. The fourth-order valence-electron chi connectivity index (χ4n) is 2.48. The number of aromatic nitrogens is 2. The Bertz CT molecular complexity index is 902. The number of nitrogens with two attached hydrogens (primary N) is 1. The number of rotatable bonds is 5. The summed E-state index contributed by atoms with van der Waals surface area (Å²) in [5.74, 6) is -0.971. The average molecular weight is 335 g/mol. The molecule has 0 saturated carbocycles. The van der Waals surface area contributed by atoms with Crippen molar-refractivity contribution >= 4 is 17.4 Å². The molecule has 0 fully saturated rings. The van der Waals surface area contributed by atoms with E-state index in [2.05, 4.69) is 5.10 Å². The molecule has 6 heteroatoms. The Hall–Kier alpha value is -3.41. The van der Waals surface area contributed by atoms with E-state index in [0.29, 0.717) is 11.3 Å². The molecule has 0 amide bonds. The highest BCUT2D eigenvalue weighted by molar-refractivity contribution is 6.13. The Labute approximate surface area is 144 Å². The Morgan fingerprint density at radius 2 is 1.64 bits per heavy atom. The molecule has 0 bridgehead atoms. The van der Waals surface area contributed by atoms with Crippen LogP contribution in [0.1, 0.15) is 33.5 Å². The number of hydrogen-bond acceptors (Lipinski definition) is 5. The van der Waals surface area contributed by atoms with E-state index in [0.717, 1.165) is 0 Å². The zero-order chi connectivity index (χ0) is 17.8. The monoisotopic (exact) mass is 335 g/mol. The van der Waals surface area contributed by atoms with Crippen LogP contribution in [0.4, 0.5) is 5.69 Å². The van der Waals surface area contributed by atoms with Gasteiger partial charge in [0.1, 0.15) is 5.69 Å². The van der Waals surface area contributed by atoms with Crippen LogP contribution < -0.4 is 5.73 Å². The largest absolute Gasteiger partial charge is 0.461 e. The van der Waals surface area contributed by atoms with E-state index >= 15 is 0 Å². The molecule has 0 atom stereocenters. The second-order valence-electron chi connectivity index (χ2n) is 5.27. The van der Waals surface area contributed by atoms with E-state index < -0.39 is 5.97 Å². The molecule has 0 radical (unpaired) electrons. The summed E-state index contributed by atoms with van der Waals surface area (Å²) in [5.41, 5.74) is 7.28. The Morgan fingerprint density at radius 1 is 1.04 bits per heavy atom. The van der Waals surface area contributed by atoms with Gasteiger partial charge in [-0.1, -0.05) is 48.5 Å². The maximum atomic E-state index is 13.0. The van der Waals surface area contributed by atoms with Crippen molar-refractivity contribution in [3.05, 3.63) is 77.6 Å². The van der Waals surface area contributed by atoms with Gasteiger partial charge in [0.05, 0.1) is 18.0 Å². The van der Waals surface area contributed by atoms with Crippen molar-refractivity contribution in [3.63, 3.8) is 0 Å². The molecule has 0 spiro atoms. The van der Waals surface area contributed by atoms with Crippen molar-refractivity contribution in [2.24, 2.45) is 0 Å². The van der Waals surface area contributed by atoms with Gasteiger partial charge in [0.25, 0.3) is 0 Å². The van der Waals surface area contributed by atoms with Crippen molar-refractivity contribution in [2.75, 3.05) is 12.3 Å². The van der Waals surface area contributed by atoms with Crippen molar-refractivity contribution < 1.29 is 14.3 Å². The summed E-state index contributed by atoms with van der Waals surface area (Å²) in [5, 5.41) is 4.24. The van der Waals surface area contributed by atoms with Crippen LogP contribution in [0.3, 0.4) is 0 Å². The minimum atomic E-state index is -0.656. The molecular weight excluding hydrogens is 318 g/mol. The summed E-state index contributed by atoms with van der Waals surface area (Å²) >= 11 is 0. The van der Waals surface area contributed by atoms with E-state index in [1.165, 1.54) is 4.68 Å². The molecule has 0 aliphatic rings. The van der Waals surface area contributed by atoms with Gasteiger partial charge in [-0.15, -0.1) is 0 Å². The van der Waals surface area contributed by atoms with Crippen LogP contribution in [0.5, 0.6) is 0 Å². The summed E-state index contributed by atoms with van der Waals surface area (Å²) in [7, 11) is 0. The molecule has 1 heterocycles. The predicted molar refractivity (Wildman–Crippen MR) is 93.8 cm³/mol. The molecule has 6 nitrogen and oxygen atoms in total. The van der Waals surface area contributed by atoms with Crippen LogP contribution in [0.25, 0.3) is 5.69 Å². The van der Waals surface area contributed by atoms with E-state index in [-0.39, 0.29) is 29.5 Å². The lowest BCUT2D eigenvalue weighted by Gasteiger charge is -2.07. The van der Waals surface area contributed by atoms with E-state index in [9.17, 15) is 9.59 Å². The summed E-state index contributed by atoms with van der Waals surface area (Å²) < 4.78 is 6.38. The molecular formula is C19H17N3O3. The van der Waals surface area contributed by atoms with Crippen LogP contribution >= 0.6 is 0 Å². The number of anilines is 1. The lowest BCUT2D eigenvalue weighted by Crippen LogP contribution is -2.11. The number of ketones is 1. The highest BCUT2D eigenvalue weighted by Crippen LogP contribution is 2.24. The van der Waals surface area contributed by atoms with Gasteiger partial charge >= 0.3 is 5.97 Å². The van der Waals surface area contributed by atoms with Gasteiger partial charge in [-0.25, -0.2) is 9.48 Å². The summed E-state index contributed by atoms with van der Waals surface area (Å²) in [4.78, 5) is 25.1. The predicted octanol–water partition coefficient (Wildman–Crippen LogP) is 2.86. The number of ether oxygens (including phenoxy) is 1. The van der Waals surface area contributed by atoms with Gasteiger partial charge in [-0.3, -0.25) is 4.79 Å². The molecule has 126 valence electrons. The number of para-hydroxylation sites is 1. The highest BCUT2D eigenvalue weighted by Gasteiger charge is 2.27. The molecule has 25 heavy (non-hydrogen) atoms. The molecule has 2 N–H and O–H groups in total. The lowest BCUT2D eigenvalue weighted by atomic mass is 10.1. The Morgan fingerprint density at radius 3 is 2.24 bits per heavy atom. The van der Waals surface area contributed by atoms with Crippen LogP contribution in [0.15, 0.2) is 60.7 Å². The third-order valence-electron chi connectivity index (χ3n) is 3.64. The van der Waals surface area contributed by atoms with Crippen molar-refractivity contribution in [1.29, 1.82) is 0 Å². The van der Waals surface area contributed by atoms with Crippen LogP contribution in [-0.2, 0) is 4.74 Å². The van der Waals surface area contributed by atoms with Gasteiger partial charge in [-0.2, -0.15) is 5.10 Å². The van der Waals surface area contributed by atoms with E-state index in [4.69, 9.17) is 10.5 Å². The first kappa shape index (κ1) is 16.4. The van der Waals surface area contributed by atoms with Crippen LogP contribution in [0, 0.1) is 0 Å². The minimum Gasteiger partial charge on any atom is -0.461 e. The van der Waals surface area contributed by atoms with E-state index in [1.807, 2.05) is 24.3 Å². The summed E-state index contributed by atoms with van der Waals surface area (Å²) in [6, 6.07) is 17.8. The highest BCUT2D eigenvalue weighted by atomic mass is 16.5. The average Bonchev–Trinajstić information content (AvgIpc) is 3.00. The molecule has 2 aromatic carbocycles.